The van der Waals surface area contributed by atoms with Gasteiger partial charge in [-0.15, -0.1) is 0 Å². The molecule has 1 aromatic rings. The molecule has 1 saturated heterocycles. The first-order chi connectivity index (χ1) is 11.4. The third kappa shape index (κ3) is 4.18. The zero-order chi connectivity index (χ0) is 17.2. The van der Waals surface area contributed by atoms with E-state index in [9.17, 15) is 13.2 Å². The van der Waals surface area contributed by atoms with Gasteiger partial charge in [0.05, 0.1) is 11.5 Å². The highest BCUT2D eigenvalue weighted by atomic mass is 32.2. The van der Waals surface area contributed by atoms with Crippen molar-refractivity contribution in [3.05, 3.63) is 23.8 Å². The van der Waals surface area contributed by atoms with E-state index in [1.807, 2.05) is 30.1 Å². The van der Waals surface area contributed by atoms with Gasteiger partial charge in [-0.25, -0.2) is 8.42 Å². The Morgan fingerprint density at radius 2 is 2.12 bits per heavy atom. The molecule has 3 rings (SSSR count). The minimum absolute atomic E-state index is 0.0247. The largest absolute Gasteiger partial charge is 0.454 e. The van der Waals surface area contributed by atoms with E-state index in [1.54, 1.807) is 0 Å². The van der Waals surface area contributed by atoms with Crippen LogP contribution in [0.5, 0.6) is 11.5 Å². The summed E-state index contributed by atoms with van der Waals surface area (Å²) in [5, 5.41) is 2.87. The maximum atomic E-state index is 12.0. The van der Waals surface area contributed by atoms with Crippen LogP contribution in [-0.2, 0) is 21.2 Å². The van der Waals surface area contributed by atoms with E-state index in [0.29, 0.717) is 31.7 Å². The maximum absolute atomic E-state index is 12.0. The first-order valence-corrected chi connectivity index (χ1v) is 9.81. The molecule has 0 aromatic heterocycles. The van der Waals surface area contributed by atoms with Gasteiger partial charge in [0.1, 0.15) is 0 Å². The summed E-state index contributed by atoms with van der Waals surface area (Å²) in [6, 6.07) is 5.61. The number of nitrogens with zero attached hydrogens (tertiary/aromatic N) is 1. The summed E-state index contributed by atoms with van der Waals surface area (Å²) in [4.78, 5) is 13.9. The van der Waals surface area contributed by atoms with E-state index in [-0.39, 0.29) is 30.2 Å². The predicted molar refractivity (Wildman–Crippen MR) is 88.7 cm³/mol. The van der Waals surface area contributed by atoms with Crippen LogP contribution >= 0.6 is 0 Å². The highest BCUT2D eigenvalue weighted by Crippen LogP contribution is 2.32. The zero-order valence-corrected chi connectivity index (χ0v) is 14.5. The molecule has 0 unspecified atom stereocenters. The van der Waals surface area contributed by atoms with E-state index in [4.69, 9.17) is 9.47 Å². The number of rotatable bonds is 6. The van der Waals surface area contributed by atoms with Crippen molar-refractivity contribution in [1.29, 1.82) is 0 Å². The van der Waals surface area contributed by atoms with E-state index >= 15 is 0 Å². The molecule has 24 heavy (non-hydrogen) atoms. The Bertz CT molecular complexity index is 719. The molecule has 1 atom stereocenters. The zero-order valence-electron chi connectivity index (χ0n) is 13.7. The van der Waals surface area contributed by atoms with Gasteiger partial charge in [-0.1, -0.05) is 6.07 Å². The molecule has 2 aliphatic rings. The second-order valence-corrected chi connectivity index (χ2v) is 8.48. The van der Waals surface area contributed by atoms with Crippen molar-refractivity contribution in [2.45, 2.75) is 25.4 Å². The predicted octanol–water partition coefficient (Wildman–Crippen LogP) is 0.540. The van der Waals surface area contributed by atoms with Gasteiger partial charge in [0.25, 0.3) is 0 Å². The fourth-order valence-electron chi connectivity index (χ4n) is 2.92. The van der Waals surface area contributed by atoms with Crippen LogP contribution in [0.25, 0.3) is 0 Å². The van der Waals surface area contributed by atoms with Gasteiger partial charge < -0.3 is 19.7 Å². The lowest BCUT2D eigenvalue weighted by atomic mass is 10.2. The van der Waals surface area contributed by atoms with Crippen LogP contribution < -0.4 is 14.8 Å². The molecule has 0 spiro atoms. The summed E-state index contributed by atoms with van der Waals surface area (Å²) in [5.41, 5.74) is 0.947. The first-order valence-electron chi connectivity index (χ1n) is 7.99. The van der Waals surface area contributed by atoms with Gasteiger partial charge in [-0.05, 0) is 31.2 Å². The Labute approximate surface area is 141 Å². The minimum Gasteiger partial charge on any atom is -0.454 e. The van der Waals surface area contributed by atoms with E-state index in [1.165, 1.54) is 0 Å². The van der Waals surface area contributed by atoms with Crippen LogP contribution in [0.4, 0.5) is 0 Å². The number of ether oxygens (including phenoxy) is 2. The van der Waals surface area contributed by atoms with Crippen LogP contribution in [0, 0.1) is 0 Å². The molecule has 0 saturated carbocycles. The van der Waals surface area contributed by atoms with Gasteiger partial charge in [-0.2, -0.15) is 0 Å². The molecule has 1 N–H and O–H groups in total. The molecular weight excluding hydrogens is 332 g/mol. The summed E-state index contributed by atoms with van der Waals surface area (Å²) >= 11 is 0. The molecule has 0 radical (unpaired) electrons. The van der Waals surface area contributed by atoms with Crippen molar-refractivity contribution in [2.75, 3.05) is 31.9 Å². The third-order valence-electron chi connectivity index (χ3n) is 4.45. The lowest BCUT2D eigenvalue weighted by Crippen LogP contribution is -2.36. The van der Waals surface area contributed by atoms with E-state index in [2.05, 4.69) is 5.32 Å². The van der Waals surface area contributed by atoms with Crippen molar-refractivity contribution in [1.82, 2.24) is 10.2 Å². The topological polar surface area (TPSA) is 84.9 Å². The minimum atomic E-state index is -2.89. The third-order valence-corrected chi connectivity index (χ3v) is 6.20. The Balaban J connectivity index is 1.41. The molecule has 1 amide bonds. The van der Waals surface area contributed by atoms with Crippen LogP contribution in [0.2, 0.25) is 0 Å². The van der Waals surface area contributed by atoms with Gasteiger partial charge in [-0.3, -0.25) is 4.79 Å². The molecule has 132 valence electrons. The smallest absolute Gasteiger partial charge is 0.231 e. The molecule has 2 aliphatic heterocycles. The standard InChI is InChI=1S/C16H22N2O5S/c1-18(13-5-7-24(20,21)10-13)6-4-16(19)17-9-12-2-3-14-15(8-12)23-11-22-14/h2-3,8,13H,4-7,9-11H2,1H3,(H,17,19)/t13-/m0/s1. The molecule has 1 fully saturated rings. The summed E-state index contributed by atoms with van der Waals surface area (Å²) in [7, 11) is -1.02. The highest BCUT2D eigenvalue weighted by Gasteiger charge is 2.30. The van der Waals surface area contributed by atoms with Crippen molar-refractivity contribution in [2.24, 2.45) is 0 Å². The highest BCUT2D eigenvalue weighted by molar-refractivity contribution is 7.91. The van der Waals surface area contributed by atoms with Crippen LogP contribution in [-0.4, -0.2) is 57.2 Å². The summed E-state index contributed by atoms with van der Waals surface area (Å²) in [6.07, 6.45) is 0.995. The second-order valence-electron chi connectivity index (χ2n) is 6.25. The van der Waals surface area contributed by atoms with E-state index in [0.717, 1.165) is 11.3 Å². The van der Waals surface area contributed by atoms with Crippen molar-refractivity contribution in [3.63, 3.8) is 0 Å². The molecule has 0 bridgehead atoms. The number of amides is 1. The second kappa shape index (κ2) is 6.98. The van der Waals surface area contributed by atoms with Crippen LogP contribution in [0.15, 0.2) is 18.2 Å². The van der Waals surface area contributed by atoms with E-state index < -0.39 is 9.84 Å². The monoisotopic (exact) mass is 354 g/mol. The van der Waals surface area contributed by atoms with Gasteiger partial charge in [0.2, 0.25) is 12.7 Å². The number of benzene rings is 1. The lowest BCUT2D eigenvalue weighted by Gasteiger charge is -2.22. The Hall–Kier alpha value is -1.80. The van der Waals surface area contributed by atoms with Crippen molar-refractivity contribution < 1.29 is 22.7 Å². The number of sulfone groups is 1. The Morgan fingerprint density at radius 1 is 1.33 bits per heavy atom. The molecule has 2 heterocycles. The molecule has 7 nitrogen and oxygen atoms in total. The SMILES string of the molecule is CN(CCC(=O)NCc1ccc2c(c1)OCO2)[C@H]1CCS(=O)(=O)C1. The van der Waals surface area contributed by atoms with Crippen molar-refractivity contribution in [3.8, 4) is 11.5 Å². The van der Waals surface area contributed by atoms with Gasteiger partial charge in [0.15, 0.2) is 21.3 Å². The number of hydrogen-bond donors (Lipinski definition) is 1. The normalized spacial score (nSPS) is 21.2. The fourth-order valence-corrected chi connectivity index (χ4v) is 4.73. The fraction of sp³-hybridized carbons (Fsp3) is 0.562. The van der Waals surface area contributed by atoms with Gasteiger partial charge in [0, 0.05) is 25.6 Å². The van der Waals surface area contributed by atoms with Crippen LogP contribution in [0.3, 0.4) is 0 Å². The number of carbonyl (C=O) groups is 1. The number of fused-ring (bicyclic) bond motifs is 1. The van der Waals surface area contributed by atoms with Gasteiger partial charge >= 0.3 is 0 Å². The van der Waals surface area contributed by atoms with Crippen LogP contribution in [0.1, 0.15) is 18.4 Å². The maximum Gasteiger partial charge on any atom is 0.231 e. The first kappa shape index (κ1) is 17.0. The Kier molecular flexibility index (Phi) is 4.96. The Morgan fingerprint density at radius 3 is 2.88 bits per heavy atom. The average Bonchev–Trinajstić information content (AvgIpc) is 3.15. The average molecular weight is 354 g/mol. The molecular formula is C16H22N2O5S. The number of hydrogen-bond acceptors (Lipinski definition) is 6. The summed E-state index contributed by atoms with van der Waals surface area (Å²) in [5.74, 6) is 1.81. The quantitative estimate of drug-likeness (QED) is 0.803. The lowest BCUT2D eigenvalue weighted by molar-refractivity contribution is -0.121. The van der Waals surface area contributed by atoms with Crippen molar-refractivity contribution >= 4 is 15.7 Å². The molecule has 1 aromatic carbocycles. The molecule has 8 heteroatoms. The molecule has 0 aliphatic carbocycles. The number of nitrogens with one attached hydrogen (secondary N) is 1. The summed E-state index contributed by atoms with van der Waals surface area (Å²) in [6.45, 7) is 1.21. The summed E-state index contributed by atoms with van der Waals surface area (Å²) < 4.78 is 33.6. The number of carbonyl (C=O) groups excluding carboxylic acids is 1.